The molecule has 0 spiro atoms. The summed E-state index contributed by atoms with van der Waals surface area (Å²) in [7, 11) is 0. The Labute approximate surface area is 128 Å². The summed E-state index contributed by atoms with van der Waals surface area (Å²) in [5.74, 6) is 0. The summed E-state index contributed by atoms with van der Waals surface area (Å²) in [6.07, 6.45) is 9.72. The van der Waals surface area contributed by atoms with Gasteiger partial charge in [-0.1, -0.05) is 25.7 Å². The molecule has 2 aromatic rings. The molecule has 2 nitrogen and oxygen atoms in total. The number of thiophene rings is 1. The Morgan fingerprint density at radius 2 is 1.80 bits per heavy atom. The molecule has 2 aliphatic carbocycles. The monoisotopic (exact) mass is 304 g/mol. The van der Waals surface area contributed by atoms with E-state index in [-0.39, 0.29) is 5.54 Å². The van der Waals surface area contributed by atoms with Crippen molar-refractivity contribution in [2.24, 2.45) is 5.73 Å². The highest BCUT2D eigenvalue weighted by molar-refractivity contribution is 7.12. The smallest absolute Gasteiger partial charge is 0.113 e. The molecule has 0 saturated heterocycles. The number of aromatic nitrogens is 1. The SMILES string of the molecule is NC1(c2nc3c(s2)CCc2sccc2-3)CCCCCC1. The summed E-state index contributed by atoms with van der Waals surface area (Å²) in [6, 6.07) is 2.23. The largest absolute Gasteiger partial charge is 0.319 e. The summed E-state index contributed by atoms with van der Waals surface area (Å²) in [5, 5.41) is 3.39. The molecule has 4 rings (SSSR count). The average molecular weight is 304 g/mol. The number of thiazole rings is 1. The van der Waals surface area contributed by atoms with Crippen molar-refractivity contribution in [3.05, 3.63) is 26.2 Å². The average Bonchev–Trinajstić information content (AvgIpc) is 3.02. The number of nitrogens with zero attached hydrogens (tertiary/aromatic N) is 1. The zero-order chi connectivity index (χ0) is 13.6. The van der Waals surface area contributed by atoms with Crippen molar-refractivity contribution >= 4 is 22.7 Å². The molecular weight excluding hydrogens is 284 g/mol. The predicted octanol–water partition coefficient (Wildman–Crippen LogP) is 4.48. The molecule has 0 bridgehead atoms. The van der Waals surface area contributed by atoms with Crippen molar-refractivity contribution in [3.63, 3.8) is 0 Å². The number of rotatable bonds is 1. The second-order valence-corrected chi connectivity index (χ2v) is 8.20. The molecule has 2 heterocycles. The molecule has 2 aliphatic rings. The van der Waals surface area contributed by atoms with Crippen molar-refractivity contribution in [2.45, 2.75) is 56.9 Å². The van der Waals surface area contributed by atoms with Crippen LogP contribution in [0.15, 0.2) is 11.4 Å². The van der Waals surface area contributed by atoms with Crippen LogP contribution in [0.25, 0.3) is 11.3 Å². The van der Waals surface area contributed by atoms with Crippen molar-refractivity contribution < 1.29 is 0 Å². The van der Waals surface area contributed by atoms with E-state index >= 15 is 0 Å². The molecule has 2 aromatic heterocycles. The van der Waals surface area contributed by atoms with E-state index in [0.717, 1.165) is 19.3 Å². The van der Waals surface area contributed by atoms with Crippen molar-refractivity contribution in [3.8, 4) is 11.3 Å². The van der Waals surface area contributed by atoms with E-state index in [0.29, 0.717) is 0 Å². The fourth-order valence-electron chi connectivity index (χ4n) is 3.49. The van der Waals surface area contributed by atoms with Gasteiger partial charge in [-0.25, -0.2) is 4.98 Å². The number of hydrogen-bond acceptors (Lipinski definition) is 4. The van der Waals surface area contributed by atoms with Gasteiger partial charge in [-0.05, 0) is 37.1 Å². The Balaban J connectivity index is 1.75. The molecule has 0 aliphatic heterocycles. The highest BCUT2D eigenvalue weighted by Crippen LogP contribution is 2.43. The molecule has 0 amide bonds. The first-order valence-corrected chi connectivity index (χ1v) is 9.32. The van der Waals surface area contributed by atoms with Gasteiger partial charge in [0, 0.05) is 15.3 Å². The quantitative estimate of drug-likeness (QED) is 0.789. The zero-order valence-corrected chi connectivity index (χ0v) is 13.3. The van der Waals surface area contributed by atoms with Gasteiger partial charge in [-0.3, -0.25) is 0 Å². The van der Waals surface area contributed by atoms with Crippen molar-refractivity contribution in [1.82, 2.24) is 4.98 Å². The van der Waals surface area contributed by atoms with Crippen molar-refractivity contribution in [2.75, 3.05) is 0 Å². The van der Waals surface area contributed by atoms with Gasteiger partial charge in [0.2, 0.25) is 0 Å². The second kappa shape index (κ2) is 4.93. The summed E-state index contributed by atoms with van der Waals surface area (Å²) in [5.41, 5.74) is 9.19. The third-order valence-corrected chi connectivity index (χ3v) is 7.01. The van der Waals surface area contributed by atoms with Crippen LogP contribution in [-0.4, -0.2) is 4.98 Å². The first-order valence-electron chi connectivity index (χ1n) is 7.62. The number of nitrogens with two attached hydrogens (primary N) is 1. The lowest BCUT2D eigenvalue weighted by Gasteiger charge is -2.25. The van der Waals surface area contributed by atoms with Gasteiger partial charge in [0.05, 0.1) is 11.2 Å². The predicted molar refractivity (Wildman–Crippen MR) is 86.4 cm³/mol. The first-order chi connectivity index (χ1) is 9.76. The minimum atomic E-state index is -0.158. The van der Waals surface area contributed by atoms with Crippen LogP contribution in [0.5, 0.6) is 0 Å². The van der Waals surface area contributed by atoms with E-state index in [1.165, 1.54) is 58.1 Å². The minimum absolute atomic E-state index is 0.158. The summed E-state index contributed by atoms with van der Waals surface area (Å²) in [4.78, 5) is 7.96. The van der Waals surface area contributed by atoms with E-state index < -0.39 is 0 Å². The Kier molecular flexibility index (Phi) is 3.20. The summed E-state index contributed by atoms with van der Waals surface area (Å²) >= 11 is 3.76. The molecule has 1 saturated carbocycles. The number of hydrogen-bond donors (Lipinski definition) is 1. The second-order valence-electron chi connectivity index (χ2n) is 6.12. The highest BCUT2D eigenvalue weighted by Gasteiger charge is 2.33. The molecule has 20 heavy (non-hydrogen) atoms. The molecule has 0 radical (unpaired) electrons. The van der Waals surface area contributed by atoms with Crippen LogP contribution in [0.1, 0.15) is 53.3 Å². The molecule has 0 atom stereocenters. The number of aryl methyl sites for hydroxylation is 2. The van der Waals surface area contributed by atoms with E-state index in [4.69, 9.17) is 10.7 Å². The summed E-state index contributed by atoms with van der Waals surface area (Å²) < 4.78 is 0. The van der Waals surface area contributed by atoms with Crippen molar-refractivity contribution in [1.29, 1.82) is 0 Å². The Hall–Kier alpha value is -0.710. The van der Waals surface area contributed by atoms with Gasteiger partial charge >= 0.3 is 0 Å². The van der Waals surface area contributed by atoms with E-state index in [1.54, 1.807) is 0 Å². The lowest BCUT2D eigenvalue weighted by atomic mass is 9.92. The third-order valence-electron chi connectivity index (χ3n) is 4.70. The van der Waals surface area contributed by atoms with Crippen LogP contribution in [0, 0.1) is 0 Å². The Bertz CT molecular complexity index is 618. The lowest BCUT2D eigenvalue weighted by molar-refractivity contribution is 0.384. The van der Waals surface area contributed by atoms with Gasteiger partial charge in [0.25, 0.3) is 0 Å². The lowest BCUT2D eigenvalue weighted by Crippen LogP contribution is -2.35. The number of fused-ring (bicyclic) bond motifs is 3. The van der Waals surface area contributed by atoms with Crippen LogP contribution in [-0.2, 0) is 18.4 Å². The normalized spacial score (nSPS) is 21.1. The van der Waals surface area contributed by atoms with Crippen LogP contribution >= 0.6 is 22.7 Å². The maximum absolute atomic E-state index is 6.74. The van der Waals surface area contributed by atoms with Crippen LogP contribution in [0.4, 0.5) is 0 Å². The Morgan fingerprint density at radius 1 is 1.05 bits per heavy atom. The molecular formula is C16H20N2S2. The highest BCUT2D eigenvalue weighted by atomic mass is 32.1. The molecule has 0 aromatic carbocycles. The zero-order valence-electron chi connectivity index (χ0n) is 11.7. The fourth-order valence-corrected chi connectivity index (χ4v) is 5.60. The van der Waals surface area contributed by atoms with Crippen LogP contribution in [0.3, 0.4) is 0 Å². The van der Waals surface area contributed by atoms with Gasteiger partial charge in [0.15, 0.2) is 0 Å². The van der Waals surface area contributed by atoms with Gasteiger partial charge < -0.3 is 5.73 Å². The first kappa shape index (κ1) is 13.0. The van der Waals surface area contributed by atoms with Gasteiger partial charge in [0.1, 0.15) is 5.01 Å². The molecule has 106 valence electrons. The summed E-state index contributed by atoms with van der Waals surface area (Å²) in [6.45, 7) is 0. The maximum atomic E-state index is 6.74. The molecule has 1 fully saturated rings. The molecule has 0 unspecified atom stereocenters. The van der Waals surface area contributed by atoms with E-state index in [1.807, 2.05) is 22.7 Å². The van der Waals surface area contributed by atoms with Gasteiger partial charge in [-0.15, -0.1) is 22.7 Å². The third kappa shape index (κ3) is 2.05. The standard InChI is InChI=1S/C16H20N2S2/c17-16(8-3-1-2-4-9-16)15-18-14-11-7-10-19-12(11)5-6-13(14)20-15/h7,10H,1-6,8-9,17H2. The molecule has 4 heteroatoms. The Morgan fingerprint density at radius 3 is 2.60 bits per heavy atom. The maximum Gasteiger partial charge on any atom is 0.113 e. The topological polar surface area (TPSA) is 38.9 Å². The fraction of sp³-hybridized carbons (Fsp3) is 0.562. The van der Waals surface area contributed by atoms with Crippen LogP contribution in [0.2, 0.25) is 0 Å². The van der Waals surface area contributed by atoms with E-state index in [9.17, 15) is 0 Å². The molecule has 2 N–H and O–H groups in total. The minimum Gasteiger partial charge on any atom is -0.319 e. The van der Waals surface area contributed by atoms with Crippen LogP contribution < -0.4 is 5.73 Å². The van der Waals surface area contributed by atoms with Gasteiger partial charge in [-0.2, -0.15) is 0 Å². The van der Waals surface area contributed by atoms with E-state index in [2.05, 4.69) is 11.4 Å².